The minimum absolute atomic E-state index is 0.136. The van der Waals surface area contributed by atoms with Crippen molar-refractivity contribution in [1.29, 1.82) is 0 Å². The zero-order valence-electron chi connectivity index (χ0n) is 60.3. The van der Waals surface area contributed by atoms with E-state index < -0.39 is 49.5 Å². The largest absolute Gasteiger partial charge is 0.394 e. The van der Waals surface area contributed by atoms with Crippen molar-refractivity contribution in [1.82, 2.24) is 5.32 Å². The maximum atomic E-state index is 13.2. The minimum atomic E-state index is -1.56. The molecule has 6 N–H and O–H groups in total. The quantitative estimate of drug-likeness (QED) is 0.0261. The highest BCUT2D eigenvalue weighted by atomic mass is 16.7. The zero-order valence-corrected chi connectivity index (χ0v) is 60.3. The fourth-order valence-corrected chi connectivity index (χ4v) is 12.6. The molecule has 0 saturated carbocycles. The van der Waals surface area contributed by atoms with E-state index in [-0.39, 0.29) is 12.5 Å². The van der Waals surface area contributed by atoms with Gasteiger partial charge in [-0.05, 0) is 70.6 Å². The van der Waals surface area contributed by atoms with Gasteiger partial charge >= 0.3 is 0 Å². The highest BCUT2D eigenvalue weighted by Crippen LogP contribution is 2.24. The molecule has 1 amide bonds. The average Bonchev–Trinajstić information content (AvgIpc) is 1.00. The van der Waals surface area contributed by atoms with E-state index in [1.54, 1.807) is 0 Å². The maximum absolute atomic E-state index is 13.2. The summed E-state index contributed by atoms with van der Waals surface area (Å²) in [4.78, 5) is 13.2. The second-order valence-electron chi connectivity index (χ2n) is 27.5. The lowest BCUT2D eigenvalue weighted by molar-refractivity contribution is -0.302. The number of ether oxygens (including phenoxy) is 2. The molecule has 1 aliphatic rings. The predicted octanol–water partition coefficient (Wildman–Crippen LogP) is 22.8. The highest BCUT2D eigenvalue weighted by Gasteiger charge is 2.44. The number of hydrogen-bond acceptors (Lipinski definition) is 8. The van der Waals surface area contributed by atoms with Crippen LogP contribution in [-0.2, 0) is 14.3 Å². The van der Waals surface area contributed by atoms with Crippen molar-refractivity contribution in [2.75, 3.05) is 13.2 Å². The molecule has 7 atom stereocenters. The molecule has 0 bridgehead atoms. The van der Waals surface area contributed by atoms with Crippen molar-refractivity contribution >= 4 is 5.91 Å². The van der Waals surface area contributed by atoms with Gasteiger partial charge in [0.25, 0.3) is 0 Å². The van der Waals surface area contributed by atoms with Crippen molar-refractivity contribution in [3.63, 3.8) is 0 Å². The van der Waals surface area contributed by atoms with E-state index in [4.69, 9.17) is 9.47 Å². The first-order chi connectivity index (χ1) is 45.3. The van der Waals surface area contributed by atoms with Crippen LogP contribution in [0.25, 0.3) is 0 Å². The molecule has 7 unspecified atom stereocenters. The molecule has 1 rings (SSSR count). The fourth-order valence-electron chi connectivity index (χ4n) is 12.6. The number of amides is 1. The fraction of sp³-hybridized carbons (Fsp3) is 0.819. The molecule has 0 spiro atoms. The summed E-state index contributed by atoms with van der Waals surface area (Å²) in [6.45, 7) is 3.77. The van der Waals surface area contributed by atoms with Crippen LogP contribution < -0.4 is 5.32 Å². The van der Waals surface area contributed by atoms with E-state index in [9.17, 15) is 30.3 Å². The van der Waals surface area contributed by atoms with Gasteiger partial charge in [-0.3, -0.25) is 4.79 Å². The van der Waals surface area contributed by atoms with Crippen molar-refractivity contribution < 1.29 is 39.8 Å². The summed E-state index contributed by atoms with van der Waals surface area (Å²) in [5.41, 5.74) is 0. The summed E-state index contributed by atoms with van der Waals surface area (Å²) in [6.07, 6.45) is 95.4. The number of allylic oxidation sites excluding steroid dienone is 14. The Morgan fingerprint density at radius 1 is 0.380 bits per heavy atom. The van der Waals surface area contributed by atoms with Gasteiger partial charge in [-0.15, -0.1) is 0 Å². The Kier molecular flexibility index (Phi) is 67.6. The number of nitrogens with one attached hydrogen (secondary N) is 1. The molecule has 9 heteroatoms. The Balaban J connectivity index is 2.05. The Bertz CT molecular complexity index is 1740. The number of hydrogen-bond donors (Lipinski definition) is 6. The molecule has 1 heterocycles. The van der Waals surface area contributed by atoms with Gasteiger partial charge in [0, 0.05) is 6.42 Å². The van der Waals surface area contributed by atoms with Gasteiger partial charge < -0.3 is 40.3 Å². The van der Waals surface area contributed by atoms with E-state index >= 15 is 0 Å². The van der Waals surface area contributed by atoms with Gasteiger partial charge in [0.1, 0.15) is 24.4 Å². The lowest BCUT2D eigenvalue weighted by atomic mass is 9.99. The number of rotatable bonds is 70. The summed E-state index contributed by atoms with van der Waals surface area (Å²) in [7, 11) is 0. The predicted molar refractivity (Wildman–Crippen MR) is 396 cm³/mol. The van der Waals surface area contributed by atoms with E-state index in [1.807, 2.05) is 0 Å². The van der Waals surface area contributed by atoms with Crippen LogP contribution >= 0.6 is 0 Å². The normalized spacial score (nSPS) is 18.1. The number of unbranched alkanes of at least 4 members (excludes halogenated alkanes) is 46. The average molecular weight is 1290 g/mol. The minimum Gasteiger partial charge on any atom is -0.394 e. The third-order valence-electron chi connectivity index (χ3n) is 18.8. The third-order valence-corrected chi connectivity index (χ3v) is 18.8. The van der Waals surface area contributed by atoms with Crippen LogP contribution in [0, 0.1) is 0 Å². The molecule has 0 aliphatic carbocycles. The smallest absolute Gasteiger partial charge is 0.220 e. The maximum Gasteiger partial charge on any atom is 0.220 e. The van der Waals surface area contributed by atoms with Crippen LogP contribution in [0.2, 0.25) is 0 Å². The van der Waals surface area contributed by atoms with Crippen LogP contribution in [0.4, 0.5) is 0 Å². The van der Waals surface area contributed by atoms with Crippen LogP contribution in [-0.4, -0.2) is 87.5 Å². The SMILES string of the molecule is CC/C=C\C/C=C\C/C=C\C/C=C\C/C=C\C/C=C\C/C=C\CCCCCCCCCCCCCCCCCCCCCC(=O)NC(COC1OC(CO)C(O)C(O)C1O)C(O)CCCCCCCCCCCCCCCCCCCCCCCCCCCCCC. The molecule has 92 heavy (non-hydrogen) atoms. The van der Waals surface area contributed by atoms with E-state index in [0.717, 1.165) is 83.5 Å². The van der Waals surface area contributed by atoms with Gasteiger partial charge in [0.2, 0.25) is 5.91 Å². The van der Waals surface area contributed by atoms with Crippen LogP contribution in [0.5, 0.6) is 0 Å². The molecule has 1 saturated heterocycles. The Hall–Kier alpha value is -2.63. The van der Waals surface area contributed by atoms with E-state index in [2.05, 4.69) is 104 Å². The zero-order chi connectivity index (χ0) is 66.4. The number of aliphatic hydroxyl groups excluding tert-OH is 5. The van der Waals surface area contributed by atoms with Crippen LogP contribution in [0.3, 0.4) is 0 Å². The van der Waals surface area contributed by atoms with Crippen molar-refractivity contribution in [3.05, 3.63) is 85.1 Å². The van der Waals surface area contributed by atoms with Crippen LogP contribution in [0.15, 0.2) is 85.1 Å². The summed E-state index contributed by atoms with van der Waals surface area (Å²) < 4.78 is 11.4. The topological polar surface area (TPSA) is 149 Å². The molecule has 1 aliphatic heterocycles. The molecule has 0 aromatic heterocycles. The number of carbonyl (C=O) groups excluding carboxylic acids is 1. The molecular weight excluding hydrogens is 1140 g/mol. The molecule has 1 fully saturated rings. The summed E-state index contributed by atoms with van der Waals surface area (Å²) in [6, 6.07) is -0.723. The first-order valence-electron chi connectivity index (χ1n) is 39.8. The number of carbonyl (C=O) groups is 1. The molecular formula is C83H151NO8. The van der Waals surface area contributed by atoms with Crippen LogP contribution in [0.1, 0.15) is 380 Å². The monoisotopic (exact) mass is 1290 g/mol. The van der Waals surface area contributed by atoms with Gasteiger partial charge in [0.15, 0.2) is 6.29 Å². The highest BCUT2D eigenvalue weighted by molar-refractivity contribution is 5.76. The van der Waals surface area contributed by atoms with Crippen molar-refractivity contribution in [2.24, 2.45) is 0 Å². The third kappa shape index (κ3) is 58.7. The van der Waals surface area contributed by atoms with Crippen molar-refractivity contribution in [2.45, 2.75) is 423 Å². The summed E-state index contributed by atoms with van der Waals surface area (Å²) in [5, 5.41) is 55.1. The Morgan fingerprint density at radius 2 is 0.674 bits per heavy atom. The molecule has 9 nitrogen and oxygen atoms in total. The van der Waals surface area contributed by atoms with E-state index in [0.29, 0.717) is 12.8 Å². The molecule has 0 aromatic carbocycles. The first kappa shape index (κ1) is 87.4. The summed E-state index contributed by atoms with van der Waals surface area (Å²) >= 11 is 0. The van der Waals surface area contributed by atoms with Gasteiger partial charge in [-0.25, -0.2) is 0 Å². The standard InChI is InChI=1S/C83H151NO8/c1-3-5-7-9-11-13-15-17-19-21-23-25-27-29-31-33-34-35-36-37-38-39-40-41-42-43-44-45-47-49-51-53-55-57-59-61-63-65-67-69-71-73-79(87)84-76(75-91-83-82(90)81(89)80(88)78(74-85)92-83)77(86)72-70-68-66-64-62-60-58-56-54-52-50-48-46-32-30-28-26-24-22-20-18-16-14-12-10-8-6-4-2/h5,7,11,13,17,19,23,25,29,31,34-35,37-38,76-78,80-83,85-86,88-90H,3-4,6,8-10,12,14-16,18,20-22,24,26-28,30,32-33,36,39-75H2,1-2H3,(H,84,87)/b7-5-,13-11-,19-17-,25-23-,31-29-,35-34-,38-37-. The molecule has 0 aromatic rings. The lowest BCUT2D eigenvalue weighted by Crippen LogP contribution is -2.60. The van der Waals surface area contributed by atoms with E-state index in [1.165, 1.54) is 270 Å². The lowest BCUT2D eigenvalue weighted by Gasteiger charge is -2.40. The van der Waals surface area contributed by atoms with Gasteiger partial charge in [0.05, 0.1) is 25.4 Å². The van der Waals surface area contributed by atoms with Crippen molar-refractivity contribution in [3.8, 4) is 0 Å². The molecule has 0 radical (unpaired) electrons. The second-order valence-corrected chi connectivity index (χ2v) is 27.5. The summed E-state index contributed by atoms with van der Waals surface area (Å²) in [5.74, 6) is -0.138. The van der Waals surface area contributed by atoms with Gasteiger partial charge in [-0.1, -0.05) is 388 Å². The number of aliphatic hydroxyl groups is 5. The Morgan fingerprint density at radius 3 is 1.00 bits per heavy atom. The molecule has 536 valence electrons. The second kappa shape index (κ2) is 71.2. The first-order valence-corrected chi connectivity index (χ1v) is 39.8. The Labute approximate surface area is 569 Å². The van der Waals surface area contributed by atoms with Gasteiger partial charge in [-0.2, -0.15) is 0 Å².